The molecule has 1 rings (SSSR count). The molecule has 0 saturated carbocycles. The minimum atomic E-state index is -1.51. The smallest absolute Gasteiger partial charge is 0.329 e. The summed E-state index contributed by atoms with van der Waals surface area (Å²) in [6.45, 7) is 3.13. The van der Waals surface area contributed by atoms with Crippen LogP contribution in [-0.2, 0) is 14.4 Å². The lowest BCUT2D eigenvalue weighted by atomic mass is 10.1. The third-order valence-electron chi connectivity index (χ3n) is 2.82. The van der Waals surface area contributed by atoms with Crippen molar-refractivity contribution in [3.8, 4) is 0 Å². The molecule has 1 heterocycles. The standard InChI is InChI=1S/C11H16FNO4S/c1-6(5-18-7(2)14)10(15)13-4-3-8(12)9(13)11(16)17/h6,8-9H,3-5H2,1-2H3,(H,16,17)/t6?,8?,9-/m0/s1. The molecule has 0 radical (unpaired) electrons. The Kier molecular flexibility index (Phi) is 5.13. The van der Waals surface area contributed by atoms with E-state index in [-0.39, 0.29) is 23.8 Å². The summed E-state index contributed by atoms with van der Waals surface area (Å²) >= 11 is 1.01. The molecule has 0 aliphatic carbocycles. The number of carbonyl (C=O) groups excluding carboxylic acids is 2. The van der Waals surface area contributed by atoms with E-state index in [9.17, 15) is 18.8 Å². The molecule has 0 bridgehead atoms. The Bertz CT molecular complexity index is 363. The number of aliphatic carboxylic acids is 1. The van der Waals surface area contributed by atoms with Gasteiger partial charge in [-0.1, -0.05) is 18.7 Å². The summed E-state index contributed by atoms with van der Waals surface area (Å²) in [6.07, 6.45) is -1.46. The second-order valence-electron chi connectivity index (χ2n) is 4.32. The lowest BCUT2D eigenvalue weighted by Gasteiger charge is -2.25. The predicted molar refractivity (Wildman–Crippen MR) is 65.0 cm³/mol. The highest BCUT2D eigenvalue weighted by Gasteiger charge is 2.43. The van der Waals surface area contributed by atoms with Gasteiger partial charge in [0.1, 0.15) is 6.17 Å². The van der Waals surface area contributed by atoms with E-state index in [1.807, 2.05) is 0 Å². The second kappa shape index (κ2) is 6.17. The van der Waals surface area contributed by atoms with E-state index in [2.05, 4.69) is 0 Å². The Hall–Kier alpha value is -1.11. The van der Waals surface area contributed by atoms with Gasteiger partial charge >= 0.3 is 5.97 Å². The largest absolute Gasteiger partial charge is 0.480 e. The Morgan fingerprint density at radius 2 is 2.11 bits per heavy atom. The van der Waals surface area contributed by atoms with Gasteiger partial charge in [0.25, 0.3) is 0 Å². The van der Waals surface area contributed by atoms with E-state index in [0.29, 0.717) is 0 Å². The summed E-state index contributed by atoms with van der Waals surface area (Å²) < 4.78 is 13.4. The number of carbonyl (C=O) groups is 3. The summed E-state index contributed by atoms with van der Waals surface area (Å²) in [4.78, 5) is 34.8. The molecule has 1 aliphatic heterocycles. The van der Waals surface area contributed by atoms with E-state index >= 15 is 0 Å². The molecule has 102 valence electrons. The normalized spacial score (nSPS) is 24.9. The Morgan fingerprint density at radius 3 is 2.61 bits per heavy atom. The van der Waals surface area contributed by atoms with Crippen molar-refractivity contribution in [2.45, 2.75) is 32.5 Å². The van der Waals surface area contributed by atoms with Gasteiger partial charge in [-0.2, -0.15) is 0 Å². The highest BCUT2D eigenvalue weighted by molar-refractivity contribution is 8.13. The fraction of sp³-hybridized carbons (Fsp3) is 0.727. The first-order valence-corrected chi connectivity index (χ1v) is 6.64. The Morgan fingerprint density at radius 1 is 1.50 bits per heavy atom. The SMILES string of the molecule is CC(=O)SCC(C)C(=O)N1CCC(F)[C@H]1C(=O)O. The van der Waals surface area contributed by atoms with Crippen LogP contribution in [0.4, 0.5) is 4.39 Å². The molecule has 0 aromatic carbocycles. The third-order valence-corrected chi connectivity index (χ3v) is 3.89. The number of carboxylic acid groups (broad SMARTS) is 1. The summed E-state index contributed by atoms with van der Waals surface area (Å²) in [5.74, 6) is -1.93. The maximum atomic E-state index is 13.4. The molecule has 1 aliphatic rings. The van der Waals surface area contributed by atoms with Crippen LogP contribution in [0.1, 0.15) is 20.3 Å². The van der Waals surface area contributed by atoms with Gasteiger partial charge in [-0.15, -0.1) is 0 Å². The topological polar surface area (TPSA) is 74.7 Å². The molecule has 0 aromatic heterocycles. The molecule has 18 heavy (non-hydrogen) atoms. The average Bonchev–Trinajstić information content (AvgIpc) is 2.66. The van der Waals surface area contributed by atoms with Crippen LogP contribution in [0.25, 0.3) is 0 Å². The van der Waals surface area contributed by atoms with Crippen molar-refractivity contribution < 1.29 is 23.9 Å². The number of carboxylic acids is 1. The first kappa shape index (κ1) is 14.9. The first-order valence-electron chi connectivity index (χ1n) is 5.65. The summed E-state index contributed by atoms with van der Waals surface area (Å²) in [7, 11) is 0. The zero-order chi connectivity index (χ0) is 13.9. The Labute approximate surface area is 109 Å². The molecule has 2 unspecified atom stereocenters. The second-order valence-corrected chi connectivity index (χ2v) is 5.52. The third kappa shape index (κ3) is 3.44. The average molecular weight is 277 g/mol. The quantitative estimate of drug-likeness (QED) is 0.827. The van der Waals surface area contributed by atoms with Crippen molar-refractivity contribution in [2.24, 2.45) is 5.92 Å². The molecule has 7 heteroatoms. The van der Waals surface area contributed by atoms with Crippen molar-refractivity contribution >= 4 is 28.8 Å². The van der Waals surface area contributed by atoms with Gasteiger partial charge in [-0.05, 0) is 6.42 Å². The molecule has 0 spiro atoms. The highest BCUT2D eigenvalue weighted by atomic mass is 32.2. The maximum absolute atomic E-state index is 13.4. The summed E-state index contributed by atoms with van der Waals surface area (Å²) in [6, 6.07) is -1.39. The minimum Gasteiger partial charge on any atom is -0.480 e. The van der Waals surface area contributed by atoms with Crippen molar-refractivity contribution in [2.75, 3.05) is 12.3 Å². The molecule has 1 saturated heterocycles. The van der Waals surface area contributed by atoms with Crippen LogP contribution in [0.2, 0.25) is 0 Å². The molecule has 1 amide bonds. The van der Waals surface area contributed by atoms with E-state index in [1.54, 1.807) is 6.92 Å². The van der Waals surface area contributed by atoms with Gasteiger partial charge in [-0.25, -0.2) is 9.18 Å². The lowest BCUT2D eigenvalue weighted by Crippen LogP contribution is -2.46. The number of alkyl halides is 1. The van der Waals surface area contributed by atoms with Gasteiger partial charge in [0.15, 0.2) is 11.2 Å². The predicted octanol–water partition coefficient (Wildman–Crippen LogP) is 0.926. The monoisotopic (exact) mass is 277 g/mol. The van der Waals surface area contributed by atoms with Gasteiger partial charge in [0, 0.05) is 25.1 Å². The van der Waals surface area contributed by atoms with E-state index in [1.165, 1.54) is 6.92 Å². The van der Waals surface area contributed by atoms with Crippen LogP contribution in [-0.4, -0.2) is 51.5 Å². The summed E-state index contributed by atoms with van der Waals surface area (Å²) in [5.41, 5.74) is 0. The molecule has 1 fully saturated rings. The zero-order valence-electron chi connectivity index (χ0n) is 10.3. The van der Waals surface area contributed by atoms with E-state index < -0.39 is 30.0 Å². The van der Waals surface area contributed by atoms with Crippen molar-refractivity contribution in [1.29, 1.82) is 0 Å². The van der Waals surface area contributed by atoms with E-state index in [0.717, 1.165) is 16.7 Å². The van der Waals surface area contributed by atoms with Crippen LogP contribution in [0.5, 0.6) is 0 Å². The van der Waals surface area contributed by atoms with Crippen molar-refractivity contribution in [1.82, 2.24) is 4.90 Å². The molecular weight excluding hydrogens is 261 g/mol. The number of halogens is 1. The number of nitrogens with zero attached hydrogens (tertiary/aromatic N) is 1. The lowest BCUT2D eigenvalue weighted by molar-refractivity contribution is -0.151. The van der Waals surface area contributed by atoms with E-state index in [4.69, 9.17) is 5.11 Å². The van der Waals surface area contributed by atoms with Crippen molar-refractivity contribution in [3.05, 3.63) is 0 Å². The maximum Gasteiger partial charge on any atom is 0.329 e. The number of hydrogen-bond acceptors (Lipinski definition) is 4. The van der Waals surface area contributed by atoms with Crippen LogP contribution < -0.4 is 0 Å². The molecule has 3 atom stereocenters. The van der Waals surface area contributed by atoms with Crippen LogP contribution in [0, 0.1) is 5.92 Å². The zero-order valence-corrected chi connectivity index (χ0v) is 11.1. The fourth-order valence-corrected chi connectivity index (χ4v) is 2.51. The van der Waals surface area contributed by atoms with Gasteiger partial charge in [0.05, 0.1) is 0 Å². The number of amides is 1. The van der Waals surface area contributed by atoms with Crippen LogP contribution >= 0.6 is 11.8 Å². The fourth-order valence-electron chi connectivity index (χ4n) is 1.89. The highest BCUT2D eigenvalue weighted by Crippen LogP contribution is 2.24. The molecular formula is C11H16FNO4S. The van der Waals surface area contributed by atoms with Crippen LogP contribution in [0.15, 0.2) is 0 Å². The number of hydrogen-bond donors (Lipinski definition) is 1. The minimum absolute atomic E-state index is 0.0509. The molecule has 1 N–H and O–H groups in total. The number of thioether (sulfide) groups is 1. The van der Waals surface area contributed by atoms with Gasteiger partial charge < -0.3 is 10.0 Å². The molecule has 5 nitrogen and oxygen atoms in total. The summed E-state index contributed by atoms with van der Waals surface area (Å²) in [5, 5.41) is 8.81. The first-order chi connectivity index (χ1) is 8.34. The van der Waals surface area contributed by atoms with Gasteiger partial charge in [0.2, 0.25) is 5.91 Å². The van der Waals surface area contributed by atoms with Gasteiger partial charge in [-0.3, -0.25) is 9.59 Å². The Balaban J connectivity index is 2.65. The van der Waals surface area contributed by atoms with Crippen molar-refractivity contribution in [3.63, 3.8) is 0 Å². The number of likely N-dealkylation sites (tertiary alicyclic amines) is 1. The number of rotatable bonds is 4. The van der Waals surface area contributed by atoms with Crippen LogP contribution in [0.3, 0.4) is 0 Å². The molecule has 0 aromatic rings.